The second-order valence-electron chi connectivity index (χ2n) is 4.48. The van der Waals surface area contributed by atoms with Crippen molar-refractivity contribution in [2.24, 2.45) is 0 Å². The Morgan fingerprint density at radius 1 is 0.571 bits per heavy atom. The van der Waals surface area contributed by atoms with Gasteiger partial charge >= 0.3 is 26.2 Å². The van der Waals surface area contributed by atoms with Gasteiger partial charge in [0.2, 0.25) is 0 Å². The van der Waals surface area contributed by atoms with Crippen LogP contribution in [0.4, 0.5) is 0 Å². The minimum absolute atomic E-state index is 0. The number of aryl methyl sites for hydroxylation is 4. The molecule has 2 rings (SSSR count). The van der Waals surface area contributed by atoms with E-state index in [4.69, 9.17) is 0 Å². The Hall–Kier alpha value is -0.497. The minimum Gasteiger partial charge on any atom is -1.00 e. The van der Waals surface area contributed by atoms with Crippen LogP contribution in [0.15, 0.2) is 36.4 Å². The molecule has 0 amide bonds. The van der Waals surface area contributed by atoms with Crippen LogP contribution in [-0.2, 0) is 26.2 Å². The van der Waals surface area contributed by atoms with Crippen molar-refractivity contribution in [3.05, 3.63) is 58.7 Å². The predicted molar refractivity (Wildman–Crippen MR) is 75.2 cm³/mol. The van der Waals surface area contributed by atoms with Crippen LogP contribution in [0.1, 0.15) is 22.3 Å². The van der Waals surface area contributed by atoms with E-state index >= 15 is 0 Å². The summed E-state index contributed by atoms with van der Waals surface area (Å²) < 4.78 is 0. The van der Waals surface area contributed by atoms with Crippen molar-refractivity contribution in [2.45, 2.75) is 27.7 Å². The monoisotopic (exact) mass is 404 g/mol. The Labute approximate surface area is 158 Å². The molecule has 0 unspecified atom stereocenters. The zero-order valence-corrected chi connectivity index (χ0v) is 16.6. The van der Waals surface area contributed by atoms with E-state index in [9.17, 15) is 10.2 Å². The Bertz CT molecular complexity index is 456. The van der Waals surface area contributed by atoms with Gasteiger partial charge < -0.3 is 35.0 Å². The van der Waals surface area contributed by atoms with E-state index in [1.807, 2.05) is 64.1 Å². The number of rotatable bonds is 0. The summed E-state index contributed by atoms with van der Waals surface area (Å²) in [6.45, 7) is 7.56. The van der Waals surface area contributed by atoms with Crippen molar-refractivity contribution in [2.75, 3.05) is 0 Å². The molecule has 2 N–H and O–H groups in total. The van der Waals surface area contributed by atoms with E-state index in [0.29, 0.717) is 11.5 Å². The van der Waals surface area contributed by atoms with Gasteiger partial charge in [0.15, 0.2) is 0 Å². The van der Waals surface area contributed by atoms with Gasteiger partial charge in [-0.05, 0) is 49.9 Å². The third-order valence-corrected chi connectivity index (χ3v) is 2.88. The zero-order valence-electron chi connectivity index (χ0n) is 12.6. The summed E-state index contributed by atoms with van der Waals surface area (Å²) in [7, 11) is 0. The average Bonchev–Trinajstić information content (AvgIpc) is 2.34. The van der Waals surface area contributed by atoms with Gasteiger partial charge in [0.25, 0.3) is 0 Å². The first-order valence-electron chi connectivity index (χ1n) is 5.94. The third-order valence-electron chi connectivity index (χ3n) is 2.88. The van der Waals surface area contributed by atoms with E-state index in [-0.39, 0.29) is 51.0 Å². The van der Waals surface area contributed by atoms with Gasteiger partial charge in [-0.3, -0.25) is 0 Å². The summed E-state index contributed by atoms with van der Waals surface area (Å²) in [5, 5.41) is 18.4. The van der Waals surface area contributed by atoms with Gasteiger partial charge in [-0.25, -0.2) is 0 Å². The topological polar surface area (TPSA) is 40.5 Å². The Balaban J connectivity index is -0.000000270. The molecule has 0 saturated heterocycles. The van der Waals surface area contributed by atoms with E-state index in [0.717, 1.165) is 22.3 Å². The molecule has 21 heavy (non-hydrogen) atoms. The summed E-state index contributed by atoms with van der Waals surface area (Å²) in [5.41, 5.74) is 3.76. The molecule has 0 saturated carbocycles. The standard InChI is InChI=1S/2C8H10O.2ClH.Zr/c2*1-6-4-3-5-7(2)8(6)9;;;/h2*3-5,9H,1-2H3;2*1H;/q;;;;+2/p-2. The normalized spacial score (nSPS) is 8.19. The quantitative estimate of drug-likeness (QED) is 0.533. The molecule has 2 aromatic carbocycles. The van der Waals surface area contributed by atoms with Crippen molar-refractivity contribution < 1.29 is 61.2 Å². The minimum atomic E-state index is 0. The number of phenolic OH excluding ortho intramolecular Hbond substituents is 2. The Morgan fingerprint density at radius 3 is 0.905 bits per heavy atom. The molecule has 114 valence electrons. The van der Waals surface area contributed by atoms with Crippen LogP contribution in [0.2, 0.25) is 0 Å². The largest absolute Gasteiger partial charge is 2.00 e. The van der Waals surface area contributed by atoms with Gasteiger partial charge in [-0.15, -0.1) is 0 Å². The van der Waals surface area contributed by atoms with Crippen LogP contribution in [0.25, 0.3) is 0 Å². The summed E-state index contributed by atoms with van der Waals surface area (Å²) in [6, 6.07) is 11.4. The van der Waals surface area contributed by atoms with Gasteiger partial charge in [0, 0.05) is 0 Å². The van der Waals surface area contributed by atoms with Crippen LogP contribution in [0.5, 0.6) is 11.5 Å². The van der Waals surface area contributed by atoms with Crippen LogP contribution >= 0.6 is 0 Å². The van der Waals surface area contributed by atoms with E-state index in [1.165, 1.54) is 0 Å². The maximum absolute atomic E-state index is 9.21. The van der Waals surface area contributed by atoms with Crippen molar-refractivity contribution >= 4 is 0 Å². The van der Waals surface area contributed by atoms with E-state index in [2.05, 4.69) is 0 Å². The van der Waals surface area contributed by atoms with Crippen molar-refractivity contribution in [3.8, 4) is 11.5 Å². The second-order valence-corrected chi connectivity index (χ2v) is 4.48. The SMILES string of the molecule is Cc1cccc(C)c1O.Cc1cccc(C)c1O.[Cl-].[Cl-].[Zr+2]. The molecule has 2 aromatic rings. The zero-order chi connectivity index (χ0) is 13.7. The summed E-state index contributed by atoms with van der Waals surface area (Å²) in [6.07, 6.45) is 0. The number of hydrogen-bond acceptors (Lipinski definition) is 2. The molecule has 0 aliphatic rings. The Kier molecular flexibility index (Phi) is 14.7. The first-order chi connectivity index (χ1) is 8.43. The average molecular weight is 406 g/mol. The maximum atomic E-state index is 9.21. The van der Waals surface area contributed by atoms with Gasteiger partial charge in [-0.1, -0.05) is 36.4 Å². The van der Waals surface area contributed by atoms with Gasteiger partial charge in [0.1, 0.15) is 11.5 Å². The molecule has 0 bridgehead atoms. The number of phenols is 2. The second kappa shape index (κ2) is 12.1. The molecule has 0 radical (unpaired) electrons. The Morgan fingerprint density at radius 2 is 0.762 bits per heavy atom. The summed E-state index contributed by atoms with van der Waals surface area (Å²) >= 11 is 0. The van der Waals surface area contributed by atoms with Crippen molar-refractivity contribution in [1.82, 2.24) is 0 Å². The summed E-state index contributed by atoms with van der Waals surface area (Å²) in [5.74, 6) is 0.829. The number of aromatic hydroxyl groups is 2. The maximum Gasteiger partial charge on any atom is 2.00 e. The molecular formula is C16H20Cl2O2Zr. The fourth-order valence-corrected chi connectivity index (χ4v) is 1.61. The first-order valence-corrected chi connectivity index (χ1v) is 5.94. The third kappa shape index (κ3) is 7.90. The molecule has 0 aromatic heterocycles. The number of hydrogen-bond donors (Lipinski definition) is 2. The molecule has 0 fully saturated rings. The number of halogens is 2. The van der Waals surface area contributed by atoms with Crippen LogP contribution in [0.3, 0.4) is 0 Å². The van der Waals surface area contributed by atoms with Crippen molar-refractivity contribution in [1.29, 1.82) is 0 Å². The van der Waals surface area contributed by atoms with Gasteiger partial charge in [-0.2, -0.15) is 0 Å². The molecule has 2 nitrogen and oxygen atoms in total. The predicted octanol–water partition coefficient (Wildman–Crippen LogP) is -1.98. The molecule has 0 aliphatic carbocycles. The fourth-order valence-electron chi connectivity index (χ4n) is 1.61. The fraction of sp³-hybridized carbons (Fsp3) is 0.250. The molecule has 0 spiro atoms. The first kappa shape index (κ1) is 25.5. The number of benzene rings is 2. The molecule has 0 heterocycles. The molecular weight excluding hydrogens is 386 g/mol. The number of para-hydroxylation sites is 2. The van der Waals surface area contributed by atoms with Crippen LogP contribution < -0.4 is 24.8 Å². The molecule has 0 atom stereocenters. The summed E-state index contributed by atoms with van der Waals surface area (Å²) in [4.78, 5) is 0. The van der Waals surface area contributed by atoms with E-state index < -0.39 is 0 Å². The van der Waals surface area contributed by atoms with E-state index in [1.54, 1.807) is 0 Å². The smallest absolute Gasteiger partial charge is 1.00 e. The van der Waals surface area contributed by atoms with Crippen LogP contribution in [0, 0.1) is 27.7 Å². The van der Waals surface area contributed by atoms with Crippen molar-refractivity contribution in [3.63, 3.8) is 0 Å². The molecule has 0 aliphatic heterocycles. The van der Waals surface area contributed by atoms with Gasteiger partial charge in [0.05, 0.1) is 0 Å². The molecule has 5 heteroatoms. The van der Waals surface area contributed by atoms with Crippen LogP contribution in [-0.4, -0.2) is 10.2 Å².